The molecule has 0 unspecified atom stereocenters. The van der Waals surface area contributed by atoms with Gasteiger partial charge in [0.1, 0.15) is 0 Å². The number of nitrogens with zero attached hydrogens (tertiary/aromatic N) is 2. The summed E-state index contributed by atoms with van der Waals surface area (Å²) in [5.74, 6) is 0.0803. The van der Waals surface area contributed by atoms with Gasteiger partial charge >= 0.3 is 0 Å². The van der Waals surface area contributed by atoms with E-state index in [0.717, 1.165) is 44.3 Å². The van der Waals surface area contributed by atoms with E-state index in [-0.39, 0.29) is 23.7 Å². The lowest BCUT2D eigenvalue weighted by Gasteiger charge is -2.32. The van der Waals surface area contributed by atoms with Crippen LogP contribution >= 0.6 is 31.9 Å². The molecular weight excluding hydrogens is 612 g/mol. The Morgan fingerprint density at radius 1 is 0.737 bits per heavy atom. The summed E-state index contributed by atoms with van der Waals surface area (Å²) in [4.78, 5) is 29.0. The summed E-state index contributed by atoms with van der Waals surface area (Å²) in [5.41, 5.74) is 2.03. The SMILES string of the molecule is C[C@@H]1C=CCCO[C@]12C(=O)N(C)c1cccc(Br)c12.C[C@@H]1C=CCCO[C@]12C(=O)N(C)c1cccc(Br)c12. The third-order valence-corrected chi connectivity index (χ3v) is 9.38. The second-order valence-electron chi connectivity index (χ2n) is 10.2. The van der Waals surface area contributed by atoms with Gasteiger partial charge in [-0.25, -0.2) is 0 Å². The molecule has 4 aliphatic rings. The molecule has 2 amide bonds. The normalized spacial score (nSPS) is 29.7. The number of carbonyl (C=O) groups is 2. The molecule has 4 heterocycles. The average molecular weight is 644 g/mol. The van der Waals surface area contributed by atoms with Crippen molar-refractivity contribution < 1.29 is 19.1 Å². The highest BCUT2D eigenvalue weighted by atomic mass is 79.9. The maximum absolute atomic E-state index is 12.8. The van der Waals surface area contributed by atoms with Crippen molar-refractivity contribution in [1.29, 1.82) is 0 Å². The molecule has 6 nitrogen and oxygen atoms in total. The fourth-order valence-electron chi connectivity index (χ4n) is 6.07. The largest absolute Gasteiger partial charge is 0.359 e. The number of halogens is 2. The van der Waals surface area contributed by atoms with Crippen LogP contribution < -0.4 is 9.80 Å². The minimum atomic E-state index is -0.878. The first kappa shape index (κ1) is 27.3. The summed E-state index contributed by atoms with van der Waals surface area (Å²) >= 11 is 7.17. The number of anilines is 2. The van der Waals surface area contributed by atoms with Gasteiger partial charge in [-0.05, 0) is 37.1 Å². The average Bonchev–Trinajstić information content (AvgIpc) is 3.08. The van der Waals surface area contributed by atoms with Crippen LogP contribution in [-0.4, -0.2) is 39.1 Å². The number of likely N-dealkylation sites (N-methyl/N-ethyl adjacent to an activating group) is 2. The van der Waals surface area contributed by atoms with Crippen molar-refractivity contribution in [2.75, 3.05) is 37.1 Å². The zero-order chi connectivity index (χ0) is 27.2. The molecule has 0 saturated heterocycles. The lowest BCUT2D eigenvalue weighted by molar-refractivity contribution is -0.148. The molecule has 2 spiro atoms. The molecule has 0 fully saturated rings. The van der Waals surface area contributed by atoms with Crippen molar-refractivity contribution in [2.24, 2.45) is 11.8 Å². The molecule has 0 radical (unpaired) electrons. The quantitative estimate of drug-likeness (QED) is 0.309. The van der Waals surface area contributed by atoms with Gasteiger partial charge in [0, 0.05) is 46.0 Å². The van der Waals surface area contributed by atoms with Gasteiger partial charge in [-0.2, -0.15) is 0 Å². The van der Waals surface area contributed by atoms with E-state index in [0.29, 0.717) is 13.2 Å². The maximum Gasteiger partial charge on any atom is 0.264 e. The van der Waals surface area contributed by atoms with E-state index in [9.17, 15) is 9.59 Å². The maximum atomic E-state index is 12.8. The number of benzene rings is 2. The van der Waals surface area contributed by atoms with Crippen LogP contribution in [-0.2, 0) is 30.3 Å². The van der Waals surface area contributed by atoms with Crippen LogP contribution in [0.2, 0.25) is 0 Å². The minimum absolute atomic E-state index is 0.0184. The van der Waals surface area contributed by atoms with Gasteiger partial charge in [0.25, 0.3) is 11.8 Å². The van der Waals surface area contributed by atoms with Gasteiger partial charge in [-0.15, -0.1) is 0 Å². The number of amides is 2. The Bertz CT molecular complexity index is 1240. The zero-order valence-corrected chi connectivity index (χ0v) is 25.2. The van der Waals surface area contributed by atoms with Crippen molar-refractivity contribution in [1.82, 2.24) is 0 Å². The molecular formula is C30H32Br2N2O4. The van der Waals surface area contributed by atoms with E-state index >= 15 is 0 Å². The van der Waals surface area contributed by atoms with Crippen molar-refractivity contribution in [2.45, 2.75) is 37.9 Å². The summed E-state index contributed by atoms with van der Waals surface area (Å²) < 4.78 is 14.0. The summed E-state index contributed by atoms with van der Waals surface area (Å²) in [6.07, 6.45) is 10.1. The molecule has 4 aliphatic heterocycles. The Hall–Kier alpha value is -2.26. The van der Waals surface area contributed by atoms with Gasteiger partial charge in [-0.3, -0.25) is 9.59 Å². The number of hydrogen-bond acceptors (Lipinski definition) is 4. The van der Waals surface area contributed by atoms with Gasteiger partial charge in [0.15, 0.2) is 11.2 Å². The molecule has 38 heavy (non-hydrogen) atoms. The minimum Gasteiger partial charge on any atom is -0.359 e. The van der Waals surface area contributed by atoms with Gasteiger partial charge in [0.05, 0.1) is 24.6 Å². The molecule has 6 rings (SSSR count). The van der Waals surface area contributed by atoms with Crippen LogP contribution in [0, 0.1) is 11.8 Å². The third kappa shape index (κ3) is 3.95. The molecule has 2 aromatic rings. The third-order valence-electron chi connectivity index (χ3n) is 8.05. The zero-order valence-electron chi connectivity index (χ0n) is 22.0. The Balaban J connectivity index is 0.000000155. The van der Waals surface area contributed by atoms with E-state index in [1.807, 2.05) is 64.3 Å². The van der Waals surface area contributed by atoms with Crippen molar-refractivity contribution >= 4 is 55.0 Å². The molecule has 0 N–H and O–H groups in total. The van der Waals surface area contributed by atoms with Crippen molar-refractivity contribution in [3.05, 3.63) is 80.8 Å². The highest BCUT2D eigenvalue weighted by Crippen LogP contribution is 2.52. The van der Waals surface area contributed by atoms with Crippen LogP contribution in [0.4, 0.5) is 11.4 Å². The second kappa shape index (κ2) is 10.4. The number of carbonyl (C=O) groups excluding carboxylic acids is 2. The predicted octanol–water partition coefficient (Wildman–Crippen LogP) is 6.47. The summed E-state index contributed by atoms with van der Waals surface area (Å²) in [7, 11) is 3.63. The second-order valence-corrected chi connectivity index (χ2v) is 11.9. The first-order chi connectivity index (χ1) is 18.2. The monoisotopic (exact) mass is 642 g/mol. The van der Waals surface area contributed by atoms with Gasteiger partial charge in [-0.1, -0.05) is 82.1 Å². The fraction of sp³-hybridized carbons (Fsp3) is 0.400. The van der Waals surface area contributed by atoms with Gasteiger partial charge < -0.3 is 19.3 Å². The van der Waals surface area contributed by atoms with Crippen molar-refractivity contribution in [3.8, 4) is 0 Å². The Labute approximate surface area is 240 Å². The van der Waals surface area contributed by atoms with Crippen LogP contribution in [0.15, 0.2) is 69.6 Å². The smallest absolute Gasteiger partial charge is 0.264 e. The number of hydrogen-bond donors (Lipinski definition) is 0. The highest BCUT2D eigenvalue weighted by molar-refractivity contribution is 9.10. The molecule has 0 saturated carbocycles. The standard InChI is InChI=1S/2C15H16BrNO2/c2*1-10-6-3-4-9-19-15(10)13-11(16)7-5-8-12(13)17(2)14(15)18/h2*3,5-8,10H,4,9H2,1-2H3/t2*10-,15-/m11/s1. The molecule has 200 valence electrons. The lowest BCUT2D eigenvalue weighted by Crippen LogP contribution is -2.45. The lowest BCUT2D eigenvalue weighted by atomic mass is 9.83. The molecule has 0 aliphatic carbocycles. The molecule has 0 bridgehead atoms. The molecule has 2 aromatic carbocycles. The Morgan fingerprint density at radius 2 is 1.13 bits per heavy atom. The van der Waals surface area contributed by atoms with Gasteiger partial charge in [0.2, 0.25) is 0 Å². The van der Waals surface area contributed by atoms with E-state index in [2.05, 4.69) is 56.2 Å². The topological polar surface area (TPSA) is 59.1 Å². The molecule has 8 heteroatoms. The van der Waals surface area contributed by atoms with Crippen LogP contribution in [0.1, 0.15) is 37.8 Å². The summed E-state index contributed by atoms with van der Waals surface area (Å²) in [6.45, 7) is 5.23. The van der Waals surface area contributed by atoms with Crippen LogP contribution in [0.5, 0.6) is 0 Å². The van der Waals surface area contributed by atoms with E-state index < -0.39 is 11.2 Å². The highest BCUT2D eigenvalue weighted by Gasteiger charge is 2.56. The number of ether oxygens (including phenoxy) is 2. The van der Waals surface area contributed by atoms with E-state index in [1.54, 1.807) is 9.80 Å². The van der Waals surface area contributed by atoms with E-state index in [4.69, 9.17) is 9.47 Å². The van der Waals surface area contributed by atoms with E-state index in [1.165, 1.54) is 0 Å². The molecule has 4 atom stereocenters. The van der Waals surface area contributed by atoms with Crippen LogP contribution in [0.3, 0.4) is 0 Å². The fourth-order valence-corrected chi connectivity index (χ4v) is 7.37. The summed E-state index contributed by atoms with van der Waals surface area (Å²) in [6, 6.07) is 11.8. The van der Waals surface area contributed by atoms with Crippen molar-refractivity contribution in [3.63, 3.8) is 0 Å². The number of rotatable bonds is 0. The summed E-state index contributed by atoms with van der Waals surface area (Å²) in [5, 5.41) is 0. The predicted molar refractivity (Wildman–Crippen MR) is 156 cm³/mol. The number of fused-ring (bicyclic) bond motifs is 4. The Kier molecular flexibility index (Phi) is 7.46. The Morgan fingerprint density at radius 3 is 1.53 bits per heavy atom. The van der Waals surface area contributed by atoms with Crippen LogP contribution in [0.25, 0.3) is 0 Å². The molecule has 0 aromatic heterocycles. The first-order valence-electron chi connectivity index (χ1n) is 12.9. The first-order valence-corrected chi connectivity index (χ1v) is 14.5.